The van der Waals surface area contributed by atoms with E-state index in [0.717, 1.165) is 9.35 Å². The molecule has 2 rings (SSSR count). The fourth-order valence-corrected chi connectivity index (χ4v) is 3.16. The van der Waals surface area contributed by atoms with E-state index >= 15 is 0 Å². The topological polar surface area (TPSA) is 55.6 Å². The third-order valence-electron chi connectivity index (χ3n) is 2.94. The first-order valence-electron chi connectivity index (χ1n) is 6.52. The maximum atomic E-state index is 12.4. The van der Waals surface area contributed by atoms with Crippen LogP contribution in [0.4, 0.5) is 5.69 Å². The normalized spacial score (nSPS) is 10.4. The highest BCUT2D eigenvalue weighted by molar-refractivity contribution is 9.11. The van der Waals surface area contributed by atoms with Crippen molar-refractivity contribution in [2.24, 2.45) is 0 Å². The Bertz CT molecular complexity index is 642. The molecule has 0 unspecified atom stereocenters. The van der Waals surface area contributed by atoms with Crippen LogP contribution >= 0.6 is 27.3 Å². The average molecular weight is 369 g/mol. The molecule has 1 aromatic heterocycles. The van der Waals surface area contributed by atoms with Crippen molar-refractivity contribution < 1.29 is 9.53 Å². The molecule has 0 aliphatic rings. The molecule has 1 aromatic carbocycles. The third kappa shape index (κ3) is 3.98. The van der Waals surface area contributed by atoms with Crippen LogP contribution in [0.5, 0.6) is 5.75 Å². The van der Waals surface area contributed by atoms with Crippen molar-refractivity contribution in [2.75, 3.05) is 19.4 Å². The van der Waals surface area contributed by atoms with E-state index in [1.807, 2.05) is 18.4 Å². The van der Waals surface area contributed by atoms with Crippen molar-refractivity contribution in [3.8, 4) is 5.75 Å². The summed E-state index contributed by atoms with van der Waals surface area (Å²) < 4.78 is 6.44. The highest BCUT2D eigenvalue weighted by atomic mass is 79.9. The third-order valence-corrected chi connectivity index (χ3v) is 4.50. The minimum Gasteiger partial charge on any atom is -0.492 e. The van der Waals surface area contributed by atoms with E-state index in [2.05, 4.69) is 15.9 Å². The lowest BCUT2D eigenvalue weighted by atomic mass is 10.1. The van der Waals surface area contributed by atoms with Gasteiger partial charge in [0.15, 0.2) is 0 Å². The van der Waals surface area contributed by atoms with Gasteiger partial charge in [-0.15, -0.1) is 11.3 Å². The number of rotatable bonds is 5. The lowest BCUT2D eigenvalue weighted by molar-refractivity contribution is 0.0785. The van der Waals surface area contributed by atoms with E-state index < -0.39 is 0 Å². The number of carbonyl (C=O) groups excluding carboxylic acids is 1. The number of amides is 1. The number of anilines is 1. The van der Waals surface area contributed by atoms with E-state index in [1.54, 1.807) is 41.5 Å². The molecule has 4 nitrogen and oxygen atoms in total. The summed E-state index contributed by atoms with van der Waals surface area (Å²) in [7, 11) is 1.78. The number of nitrogen functional groups attached to an aromatic ring is 1. The zero-order valence-corrected chi connectivity index (χ0v) is 14.3. The van der Waals surface area contributed by atoms with Gasteiger partial charge < -0.3 is 15.4 Å². The SMILES string of the molecule is CCOc1ccc(C(=O)N(C)Cc2csc(Br)c2)cc1N. The molecule has 2 aromatic rings. The van der Waals surface area contributed by atoms with Gasteiger partial charge in [0.1, 0.15) is 5.75 Å². The molecule has 0 spiro atoms. The zero-order chi connectivity index (χ0) is 15.4. The number of nitrogens with two attached hydrogens (primary N) is 1. The fraction of sp³-hybridized carbons (Fsp3) is 0.267. The number of ether oxygens (including phenoxy) is 1. The van der Waals surface area contributed by atoms with Gasteiger partial charge in [-0.25, -0.2) is 0 Å². The monoisotopic (exact) mass is 368 g/mol. The first-order valence-corrected chi connectivity index (χ1v) is 8.19. The minimum atomic E-state index is -0.0629. The highest BCUT2D eigenvalue weighted by Crippen LogP contribution is 2.24. The summed E-state index contributed by atoms with van der Waals surface area (Å²) in [5, 5.41) is 2.03. The van der Waals surface area contributed by atoms with Crippen molar-refractivity contribution in [2.45, 2.75) is 13.5 Å². The first-order chi connectivity index (χ1) is 10.0. The summed E-state index contributed by atoms with van der Waals surface area (Å²) >= 11 is 5.03. The van der Waals surface area contributed by atoms with Gasteiger partial charge in [0.05, 0.1) is 16.1 Å². The van der Waals surface area contributed by atoms with Crippen LogP contribution in [0.3, 0.4) is 0 Å². The molecule has 0 radical (unpaired) electrons. The van der Waals surface area contributed by atoms with Crippen molar-refractivity contribution in [3.63, 3.8) is 0 Å². The molecular weight excluding hydrogens is 352 g/mol. The second-order valence-electron chi connectivity index (χ2n) is 4.61. The fourth-order valence-electron chi connectivity index (χ4n) is 1.96. The molecule has 0 aliphatic carbocycles. The maximum Gasteiger partial charge on any atom is 0.253 e. The summed E-state index contributed by atoms with van der Waals surface area (Å²) in [6.07, 6.45) is 0. The van der Waals surface area contributed by atoms with Crippen LogP contribution in [0, 0.1) is 0 Å². The van der Waals surface area contributed by atoms with Gasteiger partial charge in [0.25, 0.3) is 5.91 Å². The Labute approximate surface area is 136 Å². The molecule has 0 atom stereocenters. The first kappa shape index (κ1) is 15.9. The zero-order valence-electron chi connectivity index (χ0n) is 11.9. The minimum absolute atomic E-state index is 0.0629. The summed E-state index contributed by atoms with van der Waals surface area (Å²) in [6, 6.07) is 7.15. The summed E-state index contributed by atoms with van der Waals surface area (Å²) in [5.74, 6) is 0.547. The largest absolute Gasteiger partial charge is 0.492 e. The molecule has 6 heteroatoms. The lowest BCUT2D eigenvalue weighted by Gasteiger charge is -2.17. The van der Waals surface area contributed by atoms with E-state index in [0.29, 0.717) is 30.2 Å². The molecule has 1 amide bonds. The van der Waals surface area contributed by atoms with Gasteiger partial charge in [-0.05, 0) is 58.1 Å². The lowest BCUT2D eigenvalue weighted by Crippen LogP contribution is -2.26. The van der Waals surface area contributed by atoms with E-state index in [1.165, 1.54) is 0 Å². The number of carbonyl (C=O) groups is 1. The number of benzene rings is 1. The molecule has 2 N–H and O–H groups in total. The summed E-state index contributed by atoms with van der Waals surface area (Å²) in [5.41, 5.74) is 8.04. The Balaban J connectivity index is 2.10. The van der Waals surface area contributed by atoms with Crippen LogP contribution in [0.25, 0.3) is 0 Å². The molecule has 0 bridgehead atoms. The van der Waals surface area contributed by atoms with Gasteiger partial charge in [-0.3, -0.25) is 4.79 Å². The molecular formula is C15H17BrN2O2S. The van der Waals surface area contributed by atoms with Crippen LogP contribution in [-0.4, -0.2) is 24.5 Å². The van der Waals surface area contributed by atoms with Gasteiger partial charge in [0.2, 0.25) is 0 Å². The molecule has 21 heavy (non-hydrogen) atoms. The second kappa shape index (κ2) is 6.95. The number of thiophene rings is 1. The molecule has 112 valence electrons. The van der Waals surface area contributed by atoms with E-state index in [-0.39, 0.29) is 5.91 Å². The quantitative estimate of drug-likeness (QED) is 0.817. The number of hydrogen-bond donors (Lipinski definition) is 1. The maximum absolute atomic E-state index is 12.4. The van der Waals surface area contributed by atoms with Crippen LogP contribution in [0.15, 0.2) is 33.4 Å². The molecule has 0 fully saturated rings. The van der Waals surface area contributed by atoms with E-state index in [9.17, 15) is 4.79 Å². The Morgan fingerprint density at radius 3 is 2.76 bits per heavy atom. The second-order valence-corrected chi connectivity index (χ2v) is 6.90. The number of hydrogen-bond acceptors (Lipinski definition) is 4. The van der Waals surface area contributed by atoms with E-state index in [4.69, 9.17) is 10.5 Å². The van der Waals surface area contributed by atoms with Crippen LogP contribution in [-0.2, 0) is 6.54 Å². The summed E-state index contributed by atoms with van der Waals surface area (Å²) in [4.78, 5) is 14.1. The van der Waals surface area contributed by atoms with Crippen LogP contribution in [0.2, 0.25) is 0 Å². The van der Waals surface area contributed by atoms with Crippen molar-refractivity contribution in [1.29, 1.82) is 0 Å². The Morgan fingerprint density at radius 2 is 2.19 bits per heavy atom. The number of halogens is 1. The molecule has 0 saturated heterocycles. The molecule has 1 heterocycles. The smallest absolute Gasteiger partial charge is 0.253 e. The van der Waals surface area contributed by atoms with Crippen molar-refractivity contribution in [1.82, 2.24) is 4.90 Å². The number of nitrogens with zero attached hydrogens (tertiary/aromatic N) is 1. The van der Waals surface area contributed by atoms with Crippen LogP contribution < -0.4 is 10.5 Å². The standard InChI is InChI=1S/C15H17BrN2O2S/c1-3-20-13-5-4-11(7-12(13)17)15(19)18(2)8-10-6-14(16)21-9-10/h4-7,9H,3,8,17H2,1-2H3. The average Bonchev–Trinajstić information content (AvgIpc) is 2.85. The Kier molecular flexibility index (Phi) is 5.25. The van der Waals surface area contributed by atoms with Gasteiger partial charge in [0, 0.05) is 19.2 Å². The van der Waals surface area contributed by atoms with Gasteiger partial charge in [-0.1, -0.05) is 0 Å². The van der Waals surface area contributed by atoms with Gasteiger partial charge in [-0.2, -0.15) is 0 Å². The van der Waals surface area contributed by atoms with Gasteiger partial charge >= 0.3 is 0 Å². The Morgan fingerprint density at radius 1 is 1.43 bits per heavy atom. The highest BCUT2D eigenvalue weighted by Gasteiger charge is 2.14. The molecule has 0 aliphatic heterocycles. The van der Waals surface area contributed by atoms with Crippen molar-refractivity contribution >= 4 is 38.9 Å². The molecule has 0 saturated carbocycles. The summed E-state index contributed by atoms with van der Waals surface area (Å²) in [6.45, 7) is 3.00. The Hall–Kier alpha value is -1.53. The van der Waals surface area contributed by atoms with Crippen LogP contribution in [0.1, 0.15) is 22.8 Å². The van der Waals surface area contributed by atoms with Crippen molar-refractivity contribution in [3.05, 3.63) is 44.6 Å². The predicted molar refractivity (Wildman–Crippen MR) is 89.8 cm³/mol. The predicted octanol–water partition coefficient (Wildman–Crippen LogP) is 3.76.